The zero-order valence-electron chi connectivity index (χ0n) is 17.0. The predicted molar refractivity (Wildman–Crippen MR) is 111 cm³/mol. The molecule has 0 aliphatic rings. The maximum absolute atomic E-state index is 13.7. The van der Waals surface area contributed by atoms with Crippen LogP contribution < -0.4 is 0 Å². The minimum Gasteiger partial charge on any atom is -0.234 e. The molecule has 4 rings (SSSR count). The van der Waals surface area contributed by atoms with E-state index in [0.717, 1.165) is 29.2 Å². The minimum absolute atomic E-state index is 0.227. The molecule has 31 heavy (non-hydrogen) atoms. The van der Waals surface area contributed by atoms with Gasteiger partial charge in [-0.1, -0.05) is 61.4 Å². The molecule has 0 amide bonds. The first-order chi connectivity index (χ1) is 15.0. The van der Waals surface area contributed by atoms with E-state index in [-0.39, 0.29) is 12.4 Å². The highest BCUT2D eigenvalue weighted by Crippen LogP contribution is 2.30. The Kier molecular flexibility index (Phi) is 5.54. The number of aromatic amines is 1. The lowest BCUT2D eigenvalue weighted by Gasteiger charge is -2.08. The average molecular weight is 419 g/mol. The number of rotatable bonds is 5. The fourth-order valence-electron chi connectivity index (χ4n) is 3.07. The van der Waals surface area contributed by atoms with Crippen LogP contribution >= 0.6 is 0 Å². The zero-order chi connectivity index (χ0) is 21.8. The van der Waals surface area contributed by atoms with Gasteiger partial charge in [0.25, 0.3) is 0 Å². The highest BCUT2D eigenvalue weighted by molar-refractivity contribution is 5.80. The number of benzene rings is 2. The van der Waals surface area contributed by atoms with E-state index in [2.05, 4.69) is 42.5 Å². The Morgan fingerprint density at radius 3 is 2.45 bits per heavy atom. The highest BCUT2D eigenvalue weighted by Gasteiger charge is 2.31. The molecule has 0 aliphatic heterocycles. The van der Waals surface area contributed by atoms with Gasteiger partial charge in [-0.05, 0) is 27.8 Å². The molecular weight excluding hydrogens is 400 g/mol. The molecule has 0 bridgehead atoms. The van der Waals surface area contributed by atoms with Crippen molar-refractivity contribution < 1.29 is 8.78 Å². The van der Waals surface area contributed by atoms with Crippen molar-refractivity contribution in [1.29, 1.82) is 0 Å². The summed E-state index contributed by atoms with van der Waals surface area (Å²) in [6.07, 6.45) is 0.596. The third kappa shape index (κ3) is 4.48. The SMILES string of the molecule is CCC#Cc1nc(C(C)(F)F)nn1Cc1ccc(-c2ccccc2-c2nn[nH]n2)cc1. The van der Waals surface area contributed by atoms with Crippen LogP contribution in [0, 0.1) is 11.8 Å². The van der Waals surface area contributed by atoms with Crippen LogP contribution in [0.4, 0.5) is 8.78 Å². The minimum atomic E-state index is -3.13. The lowest BCUT2D eigenvalue weighted by molar-refractivity contribution is 0.00759. The normalized spacial score (nSPS) is 11.2. The van der Waals surface area contributed by atoms with E-state index in [0.29, 0.717) is 12.2 Å². The van der Waals surface area contributed by atoms with Crippen molar-refractivity contribution in [1.82, 2.24) is 35.4 Å². The zero-order valence-corrected chi connectivity index (χ0v) is 17.0. The second-order valence-electron chi connectivity index (χ2n) is 6.94. The molecule has 0 spiro atoms. The summed E-state index contributed by atoms with van der Waals surface area (Å²) < 4.78 is 28.8. The molecule has 9 heteroatoms. The molecule has 2 aromatic heterocycles. The van der Waals surface area contributed by atoms with E-state index in [9.17, 15) is 8.78 Å². The molecule has 2 aromatic carbocycles. The Bertz CT molecular complexity index is 1230. The van der Waals surface area contributed by atoms with Gasteiger partial charge in [0, 0.05) is 18.9 Å². The largest absolute Gasteiger partial charge is 0.305 e. The molecule has 2 heterocycles. The summed E-state index contributed by atoms with van der Waals surface area (Å²) in [6, 6.07) is 15.5. The van der Waals surface area contributed by atoms with Crippen LogP contribution in [0.15, 0.2) is 48.5 Å². The van der Waals surface area contributed by atoms with Gasteiger partial charge in [0.2, 0.25) is 17.5 Å². The number of hydrogen-bond donors (Lipinski definition) is 1. The molecule has 0 aliphatic carbocycles. The van der Waals surface area contributed by atoms with Crippen LogP contribution in [0.1, 0.15) is 37.5 Å². The summed E-state index contributed by atoms with van der Waals surface area (Å²) in [4.78, 5) is 3.93. The van der Waals surface area contributed by atoms with Gasteiger partial charge >= 0.3 is 5.92 Å². The summed E-state index contributed by atoms with van der Waals surface area (Å²) in [6.45, 7) is 2.94. The topological polar surface area (TPSA) is 85.2 Å². The molecule has 0 fully saturated rings. The smallest absolute Gasteiger partial charge is 0.234 e. The van der Waals surface area contributed by atoms with Gasteiger partial charge in [0.15, 0.2) is 0 Å². The highest BCUT2D eigenvalue weighted by atomic mass is 19.3. The van der Waals surface area contributed by atoms with Crippen molar-refractivity contribution >= 4 is 0 Å². The Hall–Kier alpha value is -3.93. The van der Waals surface area contributed by atoms with Crippen LogP contribution in [0.3, 0.4) is 0 Å². The third-order valence-corrected chi connectivity index (χ3v) is 4.55. The molecular formula is C22H19F2N7. The van der Waals surface area contributed by atoms with Gasteiger partial charge in [-0.2, -0.15) is 19.0 Å². The fourth-order valence-corrected chi connectivity index (χ4v) is 3.07. The summed E-state index contributed by atoms with van der Waals surface area (Å²) in [5.41, 5.74) is 3.66. The molecule has 4 aromatic rings. The molecule has 0 saturated heterocycles. The summed E-state index contributed by atoms with van der Waals surface area (Å²) in [5, 5.41) is 18.2. The maximum atomic E-state index is 13.7. The standard InChI is InChI=1S/C22H19F2N7/c1-3-4-9-19-25-21(22(2,23)24)28-31(19)14-15-10-12-16(13-11-15)17-7-5-6-8-18(17)20-26-29-30-27-20/h5-8,10-13H,3,14H2,1-2H3,(H,26,27,29,30). The molecule has 7 nitrogen and oxygen atoms in total. The van der Waals surface area contributed by atoms with Crippen molar-refractivity contribution in [3.8, 4) is 34.4 Å². The lowest BCUT2D eigenvalue weighted by atomic mass is 9.98. The Balaban J connectivity index is 1.63. The van der Waals surface area contributed by atoms with Crippen molar-refractivity contribution in [2.75, 3.05) is 0 Å². The van der Waals surface area contributed by atoms with Crippen LogP contribution in [0.2, 0.25) is 0 Å². The number of hydrogen-bond acceptors (Lipinski definition) is 5. The Morgan fingerprint density at radius 1 is 1.06 bits per heavy atom. The van der Waals surface area contributed by atoms with Gasteiger partial charge < -0.3 is 0 Å². The number of nitrogens with zero attached hydrogens (tertiary/aromatic N) is 6. The first-order valence-corrected chi connectivity index (χ1v) is 9.70. The maximum Gasteiger partial charge on any atom is 0.305 e. The van der Waals surface area contributed by atoms with Crippen LogP contribution in [-0.4, -0.2) is 35.4 Å². The predicted octanol–water partition coefficient (Wildman–Crippen LogP) is 4.05. The quantitative estimate of drug-likeness (QED) is 0.494. The molecule has 0 atom stereocenters. The number of nitrogens with one attached hydrogen (secondary N) is 1. The van der Waals surface area contributed by atoms with Crippen LogP contribution in [0.25, 0.3) is 22.5 Å². The molecule has 0 saturated carbocycles. The first kappa shape index (κ1) is 20.3. The number of H-pyrrole nitrogens is 1. The number of tetrazole rings is 1. The van der Waals surface area contributed by atoms with E-state index < -0.39 is 11.7 Å². The summed E-state index contributed by atoms with van der Waals surface area (Å²) in [5.74, 6) is 2.77. The van der Waals surface area contributed by atoms with E-state index in [1.165, 1.54) is 4.68 Å². The van der Waals surface area contributed by atoms with Crippen molar-refractivity contribution in [3.05, 3.63) is 65.7 Å². The van der Waals surface area contributed by atoms with Gasteiger partial charge in [-0.3, -0.25) is 0 Å². The summed E-state index contributed by atoms with van der Waals surface area (Å²) >= 11 is 0. The van der Waals surface area contributed by atoms with Crippen molar-refractivity contribution in [3.63, 3.8) is 0 Å². The van der Waals surface area contributed by atoms with Crippen LogP contribution in [-0.2, 0) is 12.5 Å². The average Bonchev–Trinajstić information content (AvgIpc) is 3.43. The second-order valence-corrected chi connectivity index (χ2v) is 6.94. The van der Waals surface area contributed by atoms with E-state index in [1.54, 1.807) is 0 Å². The van der Waals surface area contributed by atoms with Crippen LogP contribution in [0.5, 0.6) is 0 Å². The lowest BCUT2D eigenvalue weighted by Crippen LogP contribution is -2.11. The fraction of sp³-hybridized carbons (Fsp3) is 0.227. The number of aromatic nitrogens is 7. The van der Waals surface area contributed by atoms with Gasteiger partial charge in [0.1, 0.15) is 0 Å². The summed E-state index contributed by atoms with van der Waals surface area (Å²) in [7, 11) is 0. The van der Waals surface area contributed by atoms with E-state index >= 15 is 0 Å². The monoisotopic (exact) mass is 419 g/mol. The molecule has 0 unspecified atom stereocenters. The van der Waals surface area contributed by atoms with Gasteiger partial charge in [0.05, 0.1) is 6.54 Å². The third-order valence-electron chi connectivity index (χ3n) is 4.55. The Labute approximate surface area is 177 Å². The molecule has 1 N–H and O–H groups in total. The van der Waals surface area contributed by atoms with E-state index in [4.69, 9.17) is 0 Å². The van der Waals surface area contributed by atoms with E-state index in [1.807, 2.05) is 55.5 Å². The first-order valence-electron chi connectivity index (χ1n) is 9.70. The number of halogens is 2. The second kappa shape index (κ2) is 8.44. The van der Waals surface area contributed by atoms with Gasteiger partial charge in [-0.25, -0.2) is 4.68 Å². The van der Waals surface area contributed by atoms with Crippen molar-refractivity contribution in [2.45, 2.75) is 32.7 Å². The number of alkyl halides is 2. The Morgan fingerprint density at radius 2 is 1.81 bits per heavy atom. The molecule has 156 valence electrons. The molecule has 0 radical (unpaired) electrons. The van der Waals surface area contributed by atoms with Gasteiger partial charge in [-0.15, -0.1) is 15.3 Å². The van der Waals surface area contributed by atoms with Crippen molar-refractivity contribution in [2.24, 2.45) is 0 Å².